The minimum atomic E-state index is 0.763. The Hall–Kier alpha value is -2.71. The van der Waals surface area contributed by atoms with Gasteiger partial charge in [-0.05, 0) is 71.5 Å². The Morgan fingerprint density at radius 1 is 0.759 bits per heavy atom. The highest BCUT2D eigenvalue weighted by Gasteiger charge is 2.23. The molecule has 0 amide bonds. The van der Waals surface area contributed by atoms with E-state index < -0.39 is 0 Å². The van der Waals surface area contributed by atoms with Crippen LogP contribution in [-0.4, -0.2) is 4.98 Å². The fraction of sp³-hybridized carbons (Fsp3) is 0.222. The van der Waals surface area contributed by atoms with Crippen molar-refractivity contribution in [2.24, 2.45) is 11.8 Å². The molecule has 0 radical (unpaired) electrons. The molecule has 2 unspecified atom stereocenters. The summed E-state index contributed by atoms with van der Waals surface area (Å²) < 4.78 is 2.80. The van der Waals surface area contributed by atoms with Crippen LogP contribution in [0.2, 0.25) is 0 Å². The molecule has 2 aromatic heterocycles. The highest BCUT2D eigenvalue weighted by Crippen LogP contribution is 2.41. The lowest BCUT2D eigenvalue weighted by molar-refractivity contribution is 0.361. The van der Waals surface area contributed by atoms with E-state index in [1.54, 1.807) is 11.1 Å². The summed E-state index contributed by atoms with van der Waals surface area (Å²) in [4.78, 5) is 4.74. The van der Waals surface area contributed by atoms with Gasteiger partial charge in [0.2, 0.25) is 0 Å². The first-order chi connectivity index (χ1) is 14.2. The standard InChI is InChI=1S/C27H23NS/c1-16-10-20-12-23-24-15-22-19(8-9-28-27(22)18-6-4-3-5-7-18)13-25(24)29-26(23)14-21(20)11-17(16)2/h3-9,12-17H,10-11H2,1-2H3. The zero-order valence-corrected chi connectivity index (χ0v) is 17.6. The van der Waals surface area contributed by atoms with Crippen LogP contribution in [-0.2, 0) is 12.8 Å². The third-order valence-corrected chi connectivity index (χ3v) is 7.89. The van der Waals surface area contributed by atoms with Gasteiger partial charge in [0.15, 0.2) is 0 Å². The van der Waals surface area contributed by atoms with Gasteiger partial charge in [0.25, 0.3) is 0 Å². The van der Waals surface area contributed by atoms with Crippen LogP contribution in [0.5, 0.6) is 0 Å². The quantitative estimate of drug-likeness (QED) is 0.285. The molecule has 3 aromatic carbocycles. The molecule has 0 aliphatic heterocycles. The van der Waals surface area contributed by atoms with Crippen molar-refractivity contribution in [1.29, 1.82) is 0 Å². The van der Waals surface area contributed by atoms with E-state index in [0.717, 1.165) is 17.5 Å². The smallest absolute Gasteiger partial charge is 0.0780 e. The van der Waals surface area contributed by atoms with Gasteiger partial charge in [-0.2, -0.15) is 0 Å². The van der Waals surface area contributed by atoms with Gasteiger partial charge < -0.3 is 0 Å². The van der Waals surface area contributed by atoms with E-state index in [4.69, 9.17) is 4.98 Å². The molecule has 142 valence electrons. The largest absolute Gasteiger partial charge is 0.256 e. The number of thiophene rings is 1. The summed E-state index contributed by atoms with van der Waals surface area (Å²) in [5, 5.41) is 5.29. The van der Waals surface area contributed by atoms with Crippen molar-refractivity contribution in [3.63, 3.8) is 0 Å². The molecule has 0 saturated heterocycles. The molecular formula is C27H23NS. The van der Waals surface area contributed by atoms with Crippen LogP contribution in [0.1, 0.15) is 25.0 Å². The number of benzene rings is 3. The predicted molar refractivity (Wildman–Crippen MR) is 126 cm³/mol. The summed E-state index contributed by atoms with van der Waals surface area (Å²) in [6.45, 7) is 4.79. The van der Waals surface area contributed by atoms with E-state index in [2.05, 4.69) is 74.5 Å². The molecule has 0 N–H and O–H groups in total. The van der Waals surface area contributed by atoms with Crippen molar-refractivity contribution in [2.45, 2.75) is 26.7 Å². The number of pyridine rings is 1. The molecule has 0 spiro atoms. The molecule has 1 aliphatic carbocycles. The summed E-state index contributed by atoms with van der Waals surface area (Å²) in [5.41, 5.74) is 5.37. The summed E-state index contributed by atoms with van der Waals surface area (Å²) >= 11 is 1.93. The monoisotopic (exact) mass is 393 g/mol. The molecule has 0 bridgehead atoms. The Kier molecular flexibility index (Phi) is 3.79. The maximum Gasteiger partial charge on any atom is 0.0780 e. The second kappa shape index (κ2) is 6.40. The lowest BCUT2D eigenvalue weighted by Gasteiger charge is -2.28. The van der Waals surface area contributed by atoms with E-state index in [1.165, 1.54) is 49.3 Å². The first-order valence-corrected chi connectivity index (χ1v) is 11.3. The SMILES string of the molecule is CC1Cc2cc3sc4cc5ccnc(-c6ccccc6)c5cc4c3cc2CC1C. The van der Waals surface area contributed by atoms with E-state index in [1.807, 2.05) is 17.5 Å². The van der Waals surface area contributed by atoms with Crippen molar-refractivity contribution in [3.05, 3.63) is 78.0 Å². The Bertz CT molecular complexity index is 1380. The van der Waals surface area contributed by atoms with E-state index in [9.17, 15) is 0 Å². The first kappa shape index (κ1) is 17.2. The van der Waals surface area contributed by atoms with Crippen molar-refractivity contribution < 1.29 is 0 Å². The van der Waals surface area contributed by atoms with Crippen LogP contribution in [0.4, 0.5) is 0 Å². The second-order valence-corrected chi connectivity index (χ2v) is 9.76. The van der Waals surface area contributed by atoms with Gasteiger partial charge in [-0.1, -0.05) is 44.2 Å². The maximum absolute atomic E-state index is 4.74. The average molecular weight is 394 g/mol. The number of hydrogen-bond donors (Lipinski definition) is 0. The zero-order chi connectivity index (χ0) is 19.5. The second-order valence-electron chi connectivity index (χ2n) is 8.68. The molecule has 0 fully saturated rings. The predicted octanol–water partition coefficient (Wildman–Crippen LogP) is 7.64. The van der Waals surface area contributed by atoms with Crippen LogP contribution in [0, 0.1) is 11.8 Å². The van der Waals surface area contributed by atoms with Gasteiger partial charge in [0.1, 0.15) is 0 Å². The Balaban J connectivity index is 1.63. The van der Waals surface area contributed by atoms with Gasteiger partial charge >= 0.3 is 0 Å². The molecule has 5 aromatic rings. The normalized spacial score (nSPS) is 19.1. The Morgan fingerprint density at radius 3 is 2.24 bits per heavy atom. The third kappa shape index (κ3) is 2.70. The van der Waals surface area contributed by atoms with E-state index in [0.29, 0.717) is 0 Å². The molecule has 2 heterocycles. The minimum Gasteiger partial charge on any atom is -0.256 e. The summed E-state index contributed by atoms with van der Waals surface area (Å²) in [5.74, 6) is 1.54. The van der Waals surface area contributed by atoms with Gasteiger partial charge in [-0.15, -0.1) is 11.3 Å². The fourth-order valence-electron chi connectivity index (χ4n) is 4.88. The Labute approximate surface area is 175 Å². The molecule has 6 rings (SSSR count). The van der Waals surface area contributed by atoms with Crippen molar-refractivity contribution in [2.75, 3.05) is 0 Å². The molecule has 0 saturated carbocycles. The number of aromatic nitrogens is 1. The summed E-state index contributed by atoms with van der Waals surface area (Å²) in [6, 6.07) is 22.4. The number of nitrogens with zero attached hydrogens (tertiary/aromatic N) is 1. The number of hydrogen-bond acceptors (Lipinski definition) is 2. The van der Waals surface area contributed by atoms with E-state index >= 15 is 0 Å². The summed E-state index contributed by atoms with van der Waals surface area (Å²) in [6.07, 6.45) is 4.35. The van der Waals surface area contributed by atoms with Crippen LogP contribution in [0.3, 0.4) is 0 Å². The fourth-order valence-corrected chi connectivity index (χ4v) is 6.06. The van der Waals surface area contributed by atoms with Crippen LogP contribution >= 0.6 is 11.3 Å². The molecular weight excluding hydrogens is 370 g/mol. The number of fused-ring (bicyclic) bond motifs is 5. The van der Waals surface area contributed by atoms with Gasteiger partial charge in [-0.25, -0.2) is 0 Å². The van der Waals surface area contributed by atoms with Crippen LogP contribution in [0.15, 0.2) is 66.9 Å². The van der Waals surface area contributed by atoms with Gasteiger partial charge in [-0.3, -0.25) is 4.98 Å². The highest BCUT2D eigenvalue weighted by atomic mass is 32.1. The Morgan fingerprint density at radius 2 is 1.45 bits per heavy atom. The minimum absolute atomic E-state index is 0.763. The molecule has 29 heavy (non-hydrogen) atoms. The lowest BCUT2D eigenvalue weighted by Crippen LogP contribution is -2.20. The maximum atomic E-state index is 4.74. The van der Waals surface area contributed by atoms with Gasteiger partial charge in [0, 0.05) is 37.3 Å². The highest BCUT2D eigenvalue weighted by molar-refractivity contribution is 7.25. The van der Waals surface area contributed by atoms with Crippen LogP contribution < -0.4 is 0 Å². The molecule has 2 atom stereocenters. The molecule has 1 aliphatic rings. The number of rotatable bonds is 1. The summed E-state index contributed by atoms with van der Waals surface area (Å²) in [7, 11) is 0. The lowest BCUT2D eigenvalue weighted by atomic mass is 9.77. The zero-order valence-electron chi connectivity index (χ0n) is 16.8. The topological polar surface area (TPSA) is 12.9 Å². The van der Waals surface area contributed by atoms with Crippen molar-refractivity contribution in [1.82, 2.24) is 4.98 Å². The molecule has 1 nitrogen and oxygen atoms in total. The van der Waals surface area contributed by atoms with Crippen LogP contribution in [0.25, 0.3) is 42.2 Å². The van der Waals surface area contributed by atoms with E-state index in [-0.39, 0.29) is 0 Å². The third-order valence-electron chi connectivity index (χ3n) is 6.78. The van der Waals surface area contributed by atoms with Gasteiger partial charge in [0.05, 0.1) is 5.69 Å². The van der Waals surface area contributed by atoms with Crippen molar-refractivity contribution in [3.8, 4) is 11.3 Å². The first-order valence-electron chi connectivity index (χ1n) is 10.5. The van der Waals surface area contributed by atoms with Crippen molar-refractivity contribution >= 4 is 42.3 Å². The average Bonchev–Trinajstić information content (AvgIpc) is 3.08. The molecule has 2 heteroatoms.